The summed E-state index contributed by atoms with van der Waals surface area (Å²) in [4.78, 5) is 14.4. The van der Waals surface area contributed by atoms with Gasteiger partial charge in [0.1, 0.15) is 0 Å². The van der Waals surface area contributed by atoms with E-state index < -0.39 is 0 Å². The number of benzene rings is 3. The summed E-state index contributed by atoms with van der Waals surface area (Å²) in [6, 6.07) is 27.4. The Morgan fingerprint density at radius 2 is 1.68 bits per heavy atom. The number of thioether (sulfide) groups is 1. The van der Waals surface area contributed by atoms with Crippen LogP contribution in [0.15, 0.2) is 90.1 Å². The number of rotatable bonds is 7. The van der Waals surface area contributed by atoms with E-state index in [1.165, 1.54) is 11.8 Å². The van der Waals surface area contributed by atoms with Crippen molar-refractivity contribution in [1.29, 1.82) is 0 Å². The highest BCUT2D eigenvalue weighted by Crippen LogP contribution is 2.28. The van der Waals surface area contributed by atoms with Crippen molar-refractivity contribution in [3.05, 3.63) is 95.5 Å². The van der Waals surface area contributed by atoms with Crippen LogP contribution >= 0.6 is 23.4 Å². The van der Waals surface area contributed by atoms with Crippen LogP contribution in [0.2, 0.25) is 5.02 Å². The van der Waals surface area contributed by atoms with Gasteiger partial charge < -0.3 is 4.90 Å². The molecule has 0 spiro atoms. The highest BCUT2D eigenvalue weighted by Gasteiger charge is 2.18. The number of carbonyl (C=O) groups is 1. The molecular weight excluding hydrogens is 428 g/mol. The minimum Gasteiger partial charge on any atom is -0.341 e. The molecule has 0 fully saturated rings. The van der Waals surface area contributed by atoms with Crippen molar-refractivity contribution < 1.29 is 4.79 Å². The highest BCUT2D eigenvalue weighted by atomic mass is 35.5. The average molecular weight is 449 g/mol. The third-order valence-corrected chi connectivity index (χ3v) is 5.89. The van der Waals surface area contributed by atoms with Crippen molar-refractivity contribution in [3.63, 3.8) is 0 Å². The van der Waals surface area contributed by atoms with Crippen molar-refractivity contribution >= 4 is 29.3 Å². The number of amides is 1. The first-order valence-electron chi connectivity index (χ1n) is 9.79. The Hall–Kier alpha value is -3.09. The van der Waals surface area contributed by atoms with E-state index >= 15 is 0 Å². The van der Waals surface area contributed by atoms with Gasteiger partial charge in [0.05, 0.1) is 5.75 Å². The van der Waals surface area contributed by atoms with Gasteiger partial charge in [-0.2, -0.15) is 0 Å². The zero-order chi connectivity index (χ0) is 21.6. The molecule has 0 unspecified atom stereocenters. The Balaban J connectivity index is 1.53. The Bertz CT molecular complexity index is 1160. The van der Waals surface area contributed by atoms with E-state index in [0.717, 1.165) is 22.6 Å². The zero-order valence-electron chi connectivity index (χ0n) is 17.0. The number of hydrogen-bond donors (Lipinski definition) is 0. The fourth-order valence-electron chi connectivity index (χ4n) is 3.18. The summed E-state index contributed by atoms with van der Waals surface area (Å²) < 4.78 is 1.99. The normalized spacial score (nSPS) is 10.8. The van der Waals surface area contributed by atoms with Gasteiger partial charge in [-0.15, -0.1) is 10.2 Å². The Labute approximate surface area is 190 Å². The molecule has 0 atom stereocenters. The summed E-state index contributed by atoms with van der Waals surface area (Å²) in [6.07, 6.45) is 0. The average Bonchev–Trinajstić information content (AvgIpc) is 3.22. The molecule has 1 heterocycles. The second kappa shape index (κ2) is 9.81. The van der Waals surface area contributed by atoms with Gasteiger partial charge in [0.25, 0.3) is 0 Å². The minimum absolute atomic E-state index is 0.00819. The van der Waals surface area contributed by atoms with Crippen LogP contribution in [0, 0.1) is 0 Å². The molecule has 0 aliphatic rings. The number of halogens is 1. The van der Waals surface area contributed by atoms with Crippen LogP contribution in [0.5, 0.6) is 0 Å². The molecule has 1 amide bonds. The second-order valence-corrected chi connectivity index (χ2v) is 8.39. The molecule has 4 aromatic rings. The van der Waals surface area contributed by atoms with Crippen LogP contribution in [-0.4, -0.2) is 38.4 Å². The smallest absolute Gasteiger partial charge is 0.233 e. The first kappa shape index (κ1) is 21.2. The Morgan fingerprint density at radius 1 is 0.968 bits per heavy atom. The van der Waals surface area contributed by atoms with Crippen molar-refractivity contribution in [1.82, 2.24) is 19.7 Å². The molecule has 0 aliphatic heterocycles. The van der Waals surface area contributed by atoms with E-state index in [2.05, 4.69) is 10.2 Å². The molecule has 0 aliphatic carbocycles. The molecule has 0 saturated carbocycles. The van der Waals surface area contributed by atoms with E-state index in [0.29, 0.717) is 16.7 Å². The third-order valence-electron chi connectivity index (χ3n) is 4.74. The van der Waals surface area contributed by atoms with Gasteiger partial charge in [0.15, 0.2) is 11.0 Å². The summed E-state index contributed by atoms with van der Waals surface area (Å²) in [5, 5.41) is 10.1. The summed E-state index contributed by atoms with van der Waals surface area (Å²) >= 11 is 7.43. The lowest BCUT2D eigenvalue weighted by Gasteiger charge is -2.17. The number of hydrogen-bond acceptors (Lipinski definition) is 4. The van der Waals surface area contributed by atoms with Gasteiger partial charge in [-0.3, -0.25) is 9.36 Å². The quantitative estimate of drug-likeness (QED) is 0.358. The predicted octanol–water partition coefficient (Wildman–Crippen LogP) is 5.34. The fraction of sp³-hybridized carbons (Fsp3) is 0.125. The lowest BCUT2D eigenvalue weighted by molar-refractivity contribution is -0.127. The van der Waals surface area contributed by atoms with Crippen LogP contribution in [0.25, 0.3) is 17.1 Å². The van der Waals surface area contributed by atoms with Gasteiger partial charge in [-0.05, 0) is 29.8 Å². The molecule has 1 aromatic heterocycles. The second-order valence-electron chi connectivity index (χ2n) is 7.01. The van der Waals surface area contributed by atoms with Gasteiger partial charge >= 0.3 is 0 Å². The molecular formula is C24H21ClN4OS. The molecule has 4 rings (SSSR count). The summed E-state index contributed by atoms with van der Waals surface area (Å²) in [7, 11) is 1.79. The Kier molecular flexibility index (Phi) is 6.70. The highest BCUT2D eigenvalue weighted by molar-refractivity contribution is 7.99. The molecule has 3 aromatic carbocycles. The van der Waals surface area contributed by atoms with Crippen molar-refractivity contribution in [2.75, 3.05) is 12.8 Å². The largest absolute Gasteiger partial charge is 0.341 e. The number of para-hydroxylation sites is 1. The van der Waals surface area contributed by atoms with Crippen molar-refractivity contribution in [2.45, 2.75) is 11.7 Å². The van der Waals surface area contributed by atoms with Crippen molar-refractivity contribution in [3.8, 4) is 17.1 Å². The monoisotopic (exact) mass is 448 g/mol. The molecule has 5 nitrogen and oxygen atoms in total. The maximum absolute atomic E-state index is 12.7. The van der Waals surface area contributed by atoms with E-state index in [-0.39, 0.29) is 11.7 Å². The van der Waals surface area contributed by atoms with Gasteiger partial charge in [0.2, 0.25) is 5.91 Å². The first-order valence-corrected chi connectivity index (χ1v) is 11.2. The zero-order valence-corrected chi connectivity index (χ0v) is 18.6. The summed E-state index contributed by atoms with van der Waals surface area (Å²) in [6.45, 7) is 0.501. The number of carbonyl (C=O) groups excluding carboxylic acids is 1. The van der Waals surface area contributed by atoms with Gasteiger partial charge in [0, 0.05) is 29.9 Å². The standard InChI is InChI=1S/C24H21ClN4OS/c1-28(16-18-9-8-12-20(25)15-18)22(30)17-31-24-27-26-23(19-10-4-2-5-11-19)29(24)21-13-6-3-7-14-21/h2-15H,16-17H2,1H3. The lowest BCUT2D eigenvalue weighted by Crippen LogP contribution is -2.27. The number of aromatic nitrogens is 3. The topological polar surface area (TPSA) is 51.0 Å². The molecule has 7 heteroatoms. The van der Waals surface area contributed by atoms with Crippen LogP contribution in [0.3, 0.4) is 0 Å². The third kappa shape index (κ3) is 5.16. The molecule has 0 radical (unpaired) electrons. The fourth-order valence-corrected chi connectivity index (χ4v) is 4.29. The number of nitrogens with zero attached hydrogens (tertiary/aromatic N) is 4. The van der Waals surface area contributed by atoms with E-state index in [1.54, 1.807) is 11.9 Å². The molecule has 0 saturated heterocycles. The minimum atomic E-state index is 0.00819. The molecule has 31 heavy (non-hydrogen) atoms. The van der Waals surface area contributed by atoms with Gasteiger partial charge in [-0.1, -0.05) is 84.0 Å². The van der Waals surface area contributed by atoms with Crippen LogP contribution < -0.4 is 0 Å². The van der Waals surface area contributed by atoms with Crippen LogP contribution in [0.4, 0.5) is 0 Å². The Morgan fingerprint density at radius 3 is 2.39 bits per heavy atom. The van der Waals surface area contributed by atoms with E-state index in [1.807, 2.05) is 89.5 Å². The van der Waals surface area contributed by atoms with Crippen LogP contribution in [0.1, 0.15) is 5.56 Å². The SMILES string of the molecule is CN(Cc1cccc(Cl)c1)C(=O)CSc1nnc(-c2ccccc2)n1-c1ccccc1. The van der Waals surface area contributed by atoms with E-state index in [9.17, 15) is 4.79 Å². The maximum atomic E-state index is 12.7. The van der Waals surface area contributed by atoms with Crippen LogP contribution in [-0.2, 0) is 11.3 Å². The van der Waals surface area contributed by atoms with Gasteiger partial charge in [-0.25, -0.2) is 0 Å². The maximum Gasteiger partial charge on any atom is 0.233 e. The predicted molar refractivity (Wildman–Crippen MR) is 125 cm³/mol. The van der Waals surface area contributed by atoms with E-state index in [4.69, 9.17) is 11.6 Å². The summed E-state index contributed by atoms with van der Waals surface area (Å²) in [5.41, 5.74) is 2.91. The van der Waals surface area contributed by atoms with Crippen molar-refractivity contribution in [2.24, 2.45) is 0 Å². The molecule has 0 bridgehead atoms. The first-order chi connectivity index (χ1) is 15.1. The lowest BCUT2D eigenvalue weighted by atomic mass is 10.2. The summed E-state index contributed by atoms with van der Waals surface area (Å²) in [5.74, 6) is 1.01. The molecule has 156 valence electrons. The molecule has 0 N–H and O–H groups in total.